The van der Waals surface area contributed by atoms with E-state index in [0.29, 0.717) is 13.1 Å². The first-order valence-electron chi connectivity index (χ1n) is 7.91. The van der Waals surface area contributed by atoms with Crippen LogP contribution in [0.3, 0.4) is 0 Å². The van der Waals surface area contributed by atoms with Gasteiger partial charge >= 0.3 is 0 Å². The van der Waals surface area contributed by atoms with E-state index >= 15 is 0 Å². The minimum Gasteiger partial charge on any atom is -0.260 e. The molecule has 1 aliphatic rings. The number of sulfonamides is 1. The third kappa shape index (κ3) is 3.79. The number of hydrogen-bond acceptors (Lipinski definition) is 3. The monoisotopic (exact) mass is 330 g/mol. The van der Waals surface area contributed by atoms with Crippen molar-refractivity contribution in [3.8, 4) is 11.1 Å². The SMILES string of the molecule is Cc1ccc(-c2ccc(C3CCCN(S(C)(=O)=O)C3)nc2)cc1. The second-order valence-corrected chi connectivity index (χ2v) is 8.28. The highest BCUT2D eigenvalue weighted by Gasteiger charge is 2.27. The Hall–Kier alpha value is -1.72. The van der Waals surface area contributed by atoms with Crippen molar-refractivity contribution in [2.75, 3.05) is 19.3 Å². The average Bonchev–Trinajstić information content (AvgIpc) is 2.55. The van der Waals surface area contributed by atoms with E-state index in [1.54, 1.807) is 4.31 Å². The van der Waals surface area contributed by atoms with Gasteiger partial charge in [0, 0.05) is 36.5 Å². The van der Waals surface area contributed by atoms with Crippen LogP contribution in [0, 0.1) is 6.92 Å². The van der Waals surface area contributed by atoms with Gasteiger partial charge in [-0.1, -0.05) is 35.9 Å². The summed E-state index contributed by atoms with van der Waals surface area (Å²) in [5.41, 5.74) is 4.45. The van der Waals surface area contributed by atoms with Crippen molar-refractivity contribution >= 4 is 10.0 Å². The zero-order chi connectivity index (χ0) is 16.4. The minimum atomic E-state index is -3.12. The molecular weight excluding hydrogens is 308 g/mol. The normalized spacial score (nSPS) is 19.7. The van der Waals surface area contributed by atoms with Crippen molar-refractivity contribution in [2.45, 2.75) is 25.7 Å². The smallest absolute Gasteiger partial charge is 0.211 e. The molecule has 4 nitrogen and oxygen atoms in total. The standard InChI is InChI=1S/C18H22N2O2S/c1-14-5-7-15(8-6-14)16-9-10-18(19-12-16)17-4-3-11-20(13-17)23(2,21)22/h5-10,12,17H,3-4,11,13H2,1-2H3. The molecule has 3 rings (SSSR count). The van der Waals surface area contributed by atoms with Crippen LogP contribution in [0.1, 0.15) is 30.0 Å². The van der Waals surface area contributed by atoms with Crippen molar-refractivity contribution in [1.29, 1.82) is 0 Å². The van der Waals surface area contributed by atoms with E-state index in [4.69, 9.17) is 0 Å². The molecule has 1 fully saturated rings. The van der Waals surface area contributed by atoms with Crippen molar-refractivity contribution in [3.05, 3.63) is 53.9 Å². The Balaban J connectivity index is 1.78. The van der Waals surface area contributed by atoms with Gasteiger partial charge in [0.25, 0.3) is 0 Å². The van der Waals surface area contributed by atoms with Crippen LogP contribution in [-0.2, 0) is 10.0 Å². The van der Waals surface area contributed by atoms with E-state index < -0.39 is 10.0 Å². The van der Waals surface area contributed by atoms with Crippen LogP contribution in [0.4, 0.5) is 0 Å². The molecule has 1 aromatic carbocycles. The van der Waals surface area contributed by atoms with Crippen LogP contribution in [0.2, 0.25) is 0 Å². The predicted molar refractivity (Wildman–Crippen MR) is 92.8 cm³/mol. The van der Waals surface area contributed by atoms with Gasteiger partial charge in [-0.3, -0.25) is 4.98 Å². The van der Waals surface area contributed by atoms with Gasteiger partial charge in [0.1, 0.15) is 0 Å². The van der Waals surface area contributed by atoms with Crippen LogP contribution in [-0.4, -0.2) is 37.1 Å². The summed E-state index contributed by atoms with van der Waals surface area (Å²) < 4.78 is 25.0. The molecule has 0 bridgehead atoms. The van der Waals surface area contributed by atoms with Gasteiger partial charge in [0.15, 0.2) is 0 Å². The molecule has 2 aromatic rings. The summed E-state index contributed by atoms with van der Waals surface area (Å²) >= 11 is 0. The fourth-order valence-corrected chi connectivity index (χ4v) is 3.96. The Morgan fingerprint density at radius 1 is 1.09 bits per heavy atom. The number of pyridine rings is 1. The molecule has 0 spiro atoms. The van der Waals surface area contributed by atoms with Gasteiger partial charge in [-0.05, 0) is 31.4 Å². The molecule has 0 aliphatic carbocycles. The average molecular weight is 330 g/mol. The Labute approximate surface area is 138 Å². The van der Waals surface area contributed by atoms with Crippen LogP contribution < -0.4 is 0 Å². The number of benzene rings is 1. The number of piperidine rings is 1. The maximum atomic E-state index is 11.7. The Bertz CT molecular complexity index is 768. The number of hydrogen-bond donors (Lipinski definition) is 0. The number of nitrogens with zero attached hydrogens (tertiary/aromatic N) is 2. The molecule has 1 unspecified atom stereocenters. The molecule has 5 heteroatoms. The lowest BCUT2D eigenvalue weighted by molar-refractivity contribution is 0.314. The predicted octanol–water partition coefficient (Wildman–Crippen LogP) is 3.20. The quantitative estimate of drug-likeness (QED) is 0.868. The highest BCUT2D eigenvalue weighted by Crippen LogP contribution is 2.28. The molecule has 122 valence electrons. The maximum Gasteiger partial charge on any atom is 0.211 e. The fraction of sp³-hybridized carbons (Fsp3) is 0.389. The highest BCUT2D eigenvalue weighted by atomic mass is 32.2. The third-order valence-corrected chi connectivity index (χ3v) is 5.71. The zero-order valence-corrected chi connectivity index (χ0v) is 14.4. The molecule has 0 radical (unpaired) electrons. The first kappa shape index (κ1) is 16.1. The van der Waals surface area contributed by atoms with E-state index in [9.17, 15) is 8.42 Å². The van der Waals surface area contributed by atoms with Gasteiger partial charge < -0.3 is 0 Å². The van der Waals surface area contributed by atoms with E-state index in [0.717, 1.165) is 29.7 Å². The van der Waals surface area contributed by atoms with Crippen molar-refractivity contribution < 1.29 is 8.42 Å². The minimum absolute atomic E-state index is 0.186. The molecule has 1 aliphatic heterocycles. The zero-order valence-electron chi connectivity index (χ0n) is 13.6. The molecule has 1 aromatic heterocycles. The molecule has 0 N–H and O–H groups in total. The maximum absolute atomic E-state index is 11.7. The van der Waals surface area contributed by atoms with E-state index in [1.807, 2.05) is 12.3 Å². The molecule has 2 heterocycles. The van der Waals surface area contributed by atoms with Gasteiger partial charge in [-0.2, -0.15) is 0 Å². The topological polar surface area (TPSA) is 50.3 Å². The Morgan fingerprint density at radius 2 is 1.78 bits per heavy atom. The lowest BCUT2D eigenvalue weighted by Crippen LogP contribution is -2.38. The van der Waals surface area contributed by atoms with E-state index in [-0.39, 0.29) is 5.92 Å². The summed E-state index contributed by atoms with van der Waals surface area (Å²) in [6, 6.07) is 12.5. The first-order chi connectivity index (χ1) is 10.9. The van der Waals surface area contributed by atoms with Crippen molar-refractivity contribution in [3.63, 3.8) is 0 Å². The first-order valence-corrected chi connectivity index (χ1v) is 9.76. The highest BCUT2D eigenvalue weighted by molar-refractivity contribution is 7.88. The summed E-state index contributed by atoms with van der Waals surface area (Å²) in [4.78, 5) is 4.60. The van der Waals surface area contributed by atoms with E-state index in [1.165, 1.54) is 11.8 Å². The van der Waals surface area contributed by atoms with Crippen LogP contribution in [0.25, 0.3) is 11.1 Å². The number of rotatable bonds is 3. The summed E-state index contributed by atoms with van der Waals surface area (Å²) in [5.74, 6) is 0.186. The summed E-state index contributed by atoms with van der Waals surface area (Å²) in [6.45, 7) is 3.23. The fourth-order valence-electron chi connectivity index (χ4n) is 3.05. The van der Waals surface area contributed by atoms with Gasteiger partial charge in [0.05, 0.1) is 6.26 Å². The molecule has 1 atom stereocenters. The molecule has 23 heavy (non-hydrogen) atoms. The Morgan fingerprint density at radius 3 is 2.39 bits per heavy atom. The van der Waals surface area contributed by atoms with Gasteiger partial charge in [0.2, 0.25) is 10.0 Å². The molecule has 0 saturated carbocycles. The third-order valence-electron chi connectivity index (χ3n) is 4.44. The van der Waals surface area contributed by atoms with Crippen LogP contribution in [0.15, 0.2) is 42.6 Å². The number of aryl methyl sites for hydroxylation is 1. The summed E-state index contributed by atoms with van der Waals surface area (Å²) in [5, 5.41) is 0. The number of aromatic nitrogens is 1. The Kier molecular flexibility index (Phi) is 4.50. The summed E-state index contributed by atoms with van der Waals surface area (Å²) in [7, 11) is -3.12. The molecular formula is C18H22N2O2S. The van der Waals surface area contributed by atoms with Gasteiger partial charge in [-0.25, -0.2) is 12.7 Å². The lowest BCUT2D eigenvalue weighted by Gasteiger charge is -2.30. The van der Waals surface area contributed by atoms with E-state index in [2.05, 4.69) is 42.2 Å². The second-order valence-electron chi connectivity index (χ2n) is 6.30. The largest absolute Gasteiger partial charge is 0.260 e. The molecule has 1 saturated heterocycles. The van der Waals surface area contributed by atoms with Crippen LogP contribution >= 0.6 is 0 Å². The summed E-state index contributed by atoms with van der Waals surface area (Å²) in [6.07, 6.45) is 5.05. The molecule has 0 amide bonds. The van der Waals surface area contributed by atoms with Gasteiger partial charge in [-0.15, -0.1) is 0 Å². The van der Waals surface area contributed by atoms with Crippen molar-refractivity contribution in [1.82, 2.24) is 9.29 Å². The lowest BCUT2D eigenvalue weighted by atomic mass is 9.95. The van der Waals surface area contributed by atoms with Crippen molar-refractivity contribution in [2.24, 2.45) is 0 Å². The second kappa shape index (κ2) is 6.42. The van der Waals surface area contributed by atoms with Crippen LogP contribution in [0.5, 0.6) is 0 Å².